The van der Waals surface area contributed by atoms with Crippen molar-refractivity contribution in [3.63, 3.8) is 0 Å². The molecule has 0 heterocycles. The van der Waals surface area contributed by atoms with Crippen molar-refractivity contribution in [2.45, 2.75) is 25.8 Å². The summed E-state index contributed by atoms with van der Waals surface area (Å²) >= 11 is 0. The van der Waals surface area contributed by atoms with Gasteiger partial charge in [-0.3, -0.25) is 4.79 Å². The van der Waals surface area contributed by atoms with Crippen LogP contribution in [0.3, 0.4) is 0 Å². The van der Waals surface area contributed by atoms with Gasteiger partial charge in [0.1, 0.15) is 0 Å². The molecule has 1 aromatic rings. The molecule has 1 aromatic carbocycles. The van der Waals surface area contributed by atoms with Crippen LogP contribution < -0.4 is 15.2 Å². The Morgan fingerprint density at radius 1 is 1.29 bits per heavy atom. The molecule has 1 saturated carbocycles. The summed E-state index contributed by atoms with van der Waals surface area (Å²) < 4.78 is 10.7. The van der Waals surface area contributed by atoms with Crippen LogP contribution in [0.1, 0.15) is 24.8 Å². The Balaban J connectivity index is 1.63. The molecule has 0 radical (unpaired) electrons. The maximum Gasteiger partial charge on any atom is 0.311 e. The lowest BCUT2D eigenvalue weighted by Gasteiger charge is -2.17. The van der Waals surface area contributed by atoms with Gasteiger partial charge in [0.15, 0.2) is 11.5 Å². The monoisotopic (exact) mass is 287 g/mol. The minimum atomic E-state index is -0.181. The number of hydrogen-bond acceptors (Lipinski definition) is 4. The van der Waals surface area contributed by atoms with Gasteiger partial charge in [-0.2, -0.15) is 0 Å². The van der Waals surface area contributed by atoms with Crippen LogP contribution in [0, 0.1) is 17.8 Å². The summed E-state index contributed by atoms with van der Waals surface area (Å²) in [5.41, 5.74) is 6.55. The van der Waals surface area contributed by atoms with Crippen molar-refractivity contribution < 1.29 is 14.3 Å². The van der Waals surface area contributed by atoms with Gasteiger partial charge in [-0.1, -0.05) is 18.2 Å². The third kappa shape index (κ3) is 2.95. The smallest absolute Gasteiger partial charge is 0.311 e. The van der Waals surface area contributed by atoms with Gasteiger partial charge < -0.3 is 15.2 Å². The molecule has 2 aliphatic carbocycles. The third-order valence-corrected chi connectivity index (χ3v) is 4.53. The van der Waals surface area contributed by atoms with Crippen molar-refractivity contribution in [1.29, 1.82) is 0 Å². The van der Waals surface area contributed by atoms with Gasteiger partial charge in [-0.05, 0) is 48.3 Å². The molecule has 0 amide bonds. The molecule has 1 fully saturated rings. The van der Waals surface area contributed by atoms with Crippen LogP contribution in [-0.4, -0.2) is 13.1 Å². The summed E-state index contributed by atoms with van der Waals surface area (Å²) in [6.45, 7) is 0.433. The van der Waals surface area contributed by atoms with Gasteiger partial charge in [0.05, 0.1) is 7.11 Å². The Kier molecular flexibility index (Phi) is 3.97. The number of carbonyl (C=O) groups excluding carboxylic acids is 1. The molecule has 0 saturated heterocycles. The second-order valence-electron chi connectivity index (χ2n) is 5.91. The minimum absolute atomic E-state index is 0.181. The average Bonchev–Trinajstić information content (AvgIpc) is 3.10. The molecule has 2 bridgehead atoms. The molecule has 4 nitrogen and oxygen atoms in total. The Labute approximate surface area is 124 Å². The zero-order chi connectivity index (χ0) is 14.8. The van der Waals surface area contributed by atoms with E-state index in [9.17, 15) is 4.79 Å². The standard InChI is InChI=1S/C17H21NO3/c1-20-16-8-12(10-18)3-5-15(16)21-17(19)9-14-7-11-2-4-13(14)6-11/h2-5,8,11,13-14H,6-7,9-10,18H2,1H3. The Morgan fingerprint density at radius 3 is 2.76 bits per heavy atom. The second kappa shape index (κ2) is 5.90. The first-order valence-electron chi connectivity index (χ1n) is 7.45. The van der Waals surface area contributed by atoms with Gasteiger partial charge in [0, 0.05) is 13.0 Å². The molecule has 0 aliphatic heterocycles. The van der Waals surface area contributed by atoms with Crippen LogP contribution in [0.25, 0.3) is 0 Å². The molecular weight excluding hydrogens is 266 g/mol. The SMILES string of the molecule is COc1cc(CN)ccc1OC(=O)CC1CC2C=CC1C2. The van der Waals surface area contributed by atoms with Crippen molar-refractivity contribution in [3.8, 4) is 11.5 Å². The fourth-order valence-electron chi connectivity index (χ4n) is 3.43. The summed E-state index contributed by atoms with van der Waals surface area (Å²) in [6.07, 6.45) is 7.32. The Morgan fingerprint density at radius 2 is 2.14 bits per heavy atom. The highest BCUT2D eigenvalue weighted by molar-refractivity contribution is 5.73. The van der Waals surface area contributed by atoms with Gasteiger partial charge in [-0.15, -0.1) is 0 Å². The number of methoxy groups -OCH3 is 1. The predicted octanol–water partition coefficient (Wildman–Crippen LogP) is 2.66. The normalized spacial score (nSPS) is 26.1. The minimum Gasteiger partial charge on any atom is -0.493 e. The molecule has 2 N–H and O–H groups in total. The molecule has 2 aliphatic rings. The van der Waals surface area contributed by atoms with Crippen LogP contribution in [-0.2, 0) is 11.3 Å². The van der Waals surface area contributed by atoms with Gasteiger partial charge in [0.25, 0.3) is 0 Å². The molecule has 4 heteroatoms. The van der Waals surface area contributed by atoms with Crippen LogP contribution in [0.2, 0.25) is 0 Å². The highest BCUT2D eigenvalue weighted by Gasteiger charge is 2.37. The number of allylic oxidation sites excluding steroid dienone is 2. The molecule has 21 heavy (non-hydrogen) atoms. The van der Waals surface area contributed by atoms with Crippen LogP contribution in [0.4, 0.5) is 0 Å². The van der Waals surface area contributed by atoms with E-state index in [4.69, 9.17) is 15.2 Å². The van der Waals surface area contributed by atoms with E-state index in [1.54, 1.807) is 13.2 Å². The highest BCUT2D eigenvalue weighted by Crippen LogP contribution is 2.45. The largest absolute Gasteiger partial charge is 0.493 e. The van der Waals surface area contributed by atoms with E-state index in [2.05, 4.69) is 12.2 Å². The molecule has 3 unspecified atom stereocenters. The lowest BCUT2D eigenvalue weighted by atomic mass is 9.91. The van der Waals surface area contributed by atoms with Crippen LogP contribution in [0.15, 0.2) is 30.4 Å². The van der Waals surface area contributed by atoms with Crippen molar-refractivity contribution in [2.75, 3.05) is 7.11 Å². The van der Waals surface area contributed by atoms with Gasteiger partial charge >= 0.3 is 5.97 Å². The van der Waals surface area contributed by atoms with Gasteiger partial charge in [0.2, 0.25) is 0 Å². The molecule has 0 spiro atoms. The van der Waals surface area contributed by atoms with Crippen molar-refractivity contribution >= 4 is 5.97 Å². The number of esters is 1. The first kappa shape index (κ1) is 14.1. The maximum absolute atomic E-state index is 12.1. The van der Waals surface area contributed by atoms with Crippen molar-refractivity contribution in [2.24, 2.45) is 23.5 Å². The van der Waals surface area contributed by atoms with E-state index in [-0.39, 0.29) is 5.97 Å². The number of carbonyl (C=O) groups is 1. The fraction of sp³-hybridized carbons (Fsp3) is 0.471. The first-order chi connectivity index (χ1) is 10.2. The summed E-state index contributed by atoms with van der Waals surface area (Å²) in [4.78, 5) is 12.1. The molecule has 112 valence electrons. The zero-order valence-corrected chi connectivity index (χ0v) is 12.2. The predicted molar refractivity (Wildman–Crippen MR) is 80.0 cm³/mol. The quantitative estimate of drug-likeness (QED) is 0.514. The second-order valence-corrected chi connectivity index (χ2v) is 5.91. The van der Waals surface area contributed by atoms with E-state index in [0.717, 1.165) is 12.0 Å². The van der Waals surface area contributed by atoms with Crippen LogP contribution >= 0.6 is 0 Å². The topological polar surface area (TPSA) is 61.6 Å². The molecule has 3 atom stereocenters. The Bertz CT molecular complexity index is 567. The average molecular weight is 287 g/mol. The van der Waals surface area contributed by atoms with Crippen molar-refractivity contribution in [1.82, 2.24) is 0 Å². The molecular formula is C17H21NO3. The van der Waals surface area contributed by atoms with E-state index in [1.165, 1.54) is 6.42 Å². The zero-order valence-electron chi connectivity index (χ0n) is 12.2. The number of fused-ring (bicyclic) bond motifs is 2. The maximum atomic E-state index is 12.1. The van der Waals surface area contributed by atoms with Crippen LogP contribution in [0.5, 0.6) is 11.5 Å². The summed E-state index contributed by atoms with van der Waals surface area (Å²) in [5, 5.41) is 0. The lowest BCUT2D eigenvalue weighted by molar-refractivity contribution is -0.135. The summed E-state index contributed by atoms with van der Waals surface area (Å²) in [7, 11) is 1.56. The number of benzene rings is 1. The molecule has 0 aromatic heterocycles. The Hall–Kier alpha value is -1.81. The van der Waals surface area contributed by atoms with E-state index >= 15 is 0 Å². The number of rotatable bonds is 5. The van der Waals surface area contributed by atoms with Crippen molar-refractivity contribution in [3.05, 3.63) is 35.9 Å². The number of nitrogens with two attached hydrogens (primary N) is 1. The number of hydrogen-bond donors (Lipinski definition) is 1. The fourth-order valence-corrected chi connectivity index (χ4v) is 3.43. The van der Waals surface area contributed by atoms with E-state index in [0.29, 0.717) is 42.2 Å². The molecule has 3 rings (SSSR count). The van der Waals surface area contributed by atoms with E-state index in [1.807, 2.05) is 12.1 Å². The number of ether oxygens (including phenoxy) is 2. The lowest BCUT2D eigenvalue weighted by Crippen LogP contribution is -2.17. The first-order valence-corrected chi connectivity index (χ1v) is 7.45. The van der Waals surface area contributed by atoms with Gasteiger partial charge in [-0.25, -0.2) is 0 Å². The highest BCUT2D eigenvalue weighted by atomic mass is 16.6. The summed E-state index contributed by atoms with van der Waals surface area (Å²) in [5.74, 6) is 2.51. The van der Waals surface area contributed by atoms with E-state index < -0.39 is 0 Å². The third-order valence-electron chi connectivity index (χ3n) is 4.53. The summed E-state index contributed by atoms with van der Waals surface area (Å²) in [6, 6.07) is 5.41.